The van der Waals surface area contributed by atoms with Crippen LogP contribution in [0.25, 0.3) is 0 Å². The molecule has 1 aromatic carbocycles. The third-order valence-electron chi connectivity index (χ3n) is 6.04. The first-order valence-electron chi connectivity index (χ1n) is 11.0. The normalized spacial score (nSPS) is 20.4. The maximum absolute atomic E-state index is 14.0. The van der Waals surface area contributed by atoms with Gasteiger partial charge in [0.25, 0.3) is 0 Å². The van der Waals surface area contributed by atoms with Gasteiger partial charge in [0.05, 0.1) is 12.4 Å². The highest BCUT2D eigenvalue weighted by molar-refractivity contribution is 7.89. The lowest BCUT2D eigenvalue weighted by Crippen LogP contribution is -2.29. The second-order valence-electron chi connectivity index (χ2n) is 8.62. The Morgan fingerprint density at radius 1 is 1.23 bits per heavy atom. The summed E-state index contributed by atoms with van der Waals surface area (Å²) in [7, 11) is -3.51. The highest BCUT2D eigenvalue weighted by Crippen LogP contribution is 2.29. The smallest absolute Gasteiger partial charge is 0.230 e. The minimum absolute atomic E-state index is 0.0284. The molecule has 2 N–H and O–H groups in total. The topological polar surface area (TPSA) is 102 Å². The zero-order valence-corrected chi connectivity index (χ0v) is 18.7. The van der Waals surface area contributed by atoms with Gasteiger partial charge in [0, 0.05) is 18.4 Å². The molecular formula is C22H31FN2O5S. The van der Waals surface area contributed by atoms with Crippen LogP contribution < -0.4 is 14.8 Å². The Bertz CT molecular complexity index is 901. The SMILES string of the molecule is C[C@@H](NS(=O)(=O)CCCCCC1CC(=O)NC1=O)c1ccc(F)c(OCC2CCC2)c1. The molecule has 1 aliphatic carbocycles. The van der Waals surface area contributed by atoms with Crippen LogP contribution in [0.4, 0.5) is 4.39 Å². The van der Waals surface area contributed by atoms with E-state index in [0.29, 0.717) is 43.8 Å². The van der Waals surface area contributed by atoms with Crippen LogP contribution in [-0.4, -0.2) is 32.6 Å². The Morgan fingerprint density at radius 3 is 2.65 bits per heavy atom. The molecule has 3 rings (SSSR count). The largest absolute Gasteiger partial charge is 0.490 e. The second kappa shape index (κ2) is 10.5. The third kappa shape index (κ3) is 7.00. The summed E-state index contributed by atoms with van der Waals surface area (Å²) in [6.45, 7) is 2.20. The van der Waals surface area contributed by atoms with E-state index in [-0.39, 0.29) is 35.7 Å². The Morgan fingerprint density at radius 2 is 2.00 bits per heavy atom. The molecule has 1 aromatic rings. The molecule has 7 nitrogen and oxygen atoms in total. The molecule has 1 saturated carbocycles. The summed E-state index contributed by atoms with van der Waals surface area (Å²) in [4.78, 5) is 22.7. The van der Waals surface area contributed by atoms with Crippen LogP contribution in [-0.2, 0) is 19.6 Å². The van der Waals surface area contributed by atoms with Crippen molar-refractivity contribution in [2.24, 2.45) is 11.8 Å². The molecule has 0 spiro atoms. The number of amides is 2. The van der Waals surface area contributed by atoms with Gasteiger partial charge in [-0.2, -0.15) is 0 Å². The lowest BCUT2D eigenvalue weighted by atomic mass is 9.86. The molecule has 1 aliphatic heterocycles. The number of carbonyl (C=O) groups excluding carboxylic acids is 2. The number of halogens is 1. The number of imide groups is 1. The predicted molar refractivity (Wildman–Crippen MR) is 114 cm³/mol. The van der Waals surface area contributed by atoms with Gasteiger partial charge in [-0.05, 0) is 56.2 Å². The van der Waals surface area contributed by atoms with Crippen LogP contribution in [0.3, 0.4) is 0 Å². The number of benzene rings is 1. The van der Waals surface area contributed by atoms with E-state index in [9.17, 15) is 22.4 Å². The fourth-order valence-corrected chi connectivity index (χ4v) is 5.24. The predicted octanol–water partition coefficient (Wildman–Crippen LogP) is 3.21. The summed E-state index contributed by atoms with van der Waals surface area (Å²) >= 11 is 0. The van der Waals surface area contributed by atoms with Crippen molar-refractivity contribution < 1.29 is 27.1 Å². The molecule has 1 unspecified atom stereocenters. The third-order valence-corrected chi connectivity index (χ3v) is 7.58. The van der Waals surface area contributed by atoms with Crippen molar-refractivity contribution in [3.05, 3.63) is 29.6 Å². The van der Waals surface area contributed by atoms with Gasteiger partial charge in [0.1, 0.15) is 0 Å². The molecule has 172 valence electrons. The molecule has 0 aromatic heterocycles. The van der Waals surface area contributed by atoms with Crippen LogP contribution in [0.5, 0.6) is 5.75 Å². The van der Waals surface area contributed by atoms with E-state index in [1.807, 2.05) is 0 Å². The van der Waals surface area contributed by atoms with Crippen molar-refractivity contribution in [2.45, 2.75) is 64.3 Å². The number of unbranched alkanes of at least 4 members (excludes halogenated alkanes) is 2. The molecular weight excluding hydrogens is 423 g/mol. The van der Waals surface area contributed by atoms with Gasteiger partial charge in [-0.3, -0.25) is 14.9 Å². The summed E-state index contributed by atoms with van der Waals surface area (Å²) in [6, 6.07) is 3.92. The van der Waals surface area contributed by atoms with Crippen molar-refractivity contribution in [3.63, 3.8) is 0 Å². The van der Waals surface area contributed by atoms with Gasteiger partial charge in [-0.1, -0.05) is 25.3 Å². The van der Waals surface area contributed by atoms with E-state index in [1.165, 1.54) is 12.5 Å². The first-order valence-corrected chi connectivity index (χ1v) is 12.6. The maximum Gasteiger partial charge on any atom is 0.230 e. The van der Waals surface area contributed by atoms with Crippen LogP contribution in [0.1, 0.15) is 69.9 Å². The Balaban J connectivity index is 1.42. The number of sulfonamides is 1. The minimum Gasteiger partial charge on any atom is -0.490 e. The fraction of sp³-hybridized carbons (Fsp3) is 0.636. The summed E-state index contributed by atoms with van der Waals surface area (Å²) in [5.41, 5.74) is 0.644. The number of hydrogen-bond donors (Lipinski definition) is 2. The van der Waals surface area contributed by atoms with Gasteiger partial charge >= 0.3 is 0 Å². The van der Waals surface area contributed by atoms with E-state index in [0.717, 1.165) is 12.8 Å². The molecule has 31 heavy (non-hydrogen) atoms. The van der Waals surface area contributed by atoms with Gasteiger partial charge < -0.3 is 4.74 Å². The fourth-order valence-electron chi connectivity index (χ4n) is 3.86. The highest BCUT2D eigenvalue weighted by Gasteiger charge is 2.29. The lowest BCUT2D eigenvalue weighted by Gasteiger charge is -2.25. The maximum atomic E-state index is 14.0. The Kier molecular flexibility index (Phi) is 8.05. The summed E-state index contributed by atoms with van der Waals surface area (Å²) < 4.78 is 47.1. The molecule has 9 heteroatoms. The Hall–Kier alpha value is -2.00. The first-order chi connectivity index (χ1) is 14.7. The van der Waals surface area contributed by atoms with Crippen molar-refractivity contribution >= 4 is 21.8 Å². The first kappa shape index (κ1) is 23.7. The standard InChI is InChI=1S/C22H31FN2O5S/c1-15(17-9-10-19(23)20(12-17)30-14-16-6-5-7-16)25-31(28,29)11-4-2-3-8-18-13-21(26)24-22(18)27/h9-10,12,15-16,18,25H,2-8,11,13-14H2,1H3,(H,24,26,27)/t15-,18?/m1/s1. The zero-order valence-electron chi connectivity index (χ0n) is 17.9. The van der Waals surface area contributed by atoms with Gasteiger partial charge in [0.2, 0.25) is 21.8 Å². The zero-order chi connectivity index (χ0) is 22.4. The number of rotatable bonds is 12. The van der Waals surface area contributed by atoms with Crippen LogP contribution in [0.2, 0.25) is 0 Å². The molecule has 2 aliphatic rings. The molecule has 2 atom stereocenters. The number of ether oxygens (including phenoxy) is 1. The average Bonchev–Trinajstić information content (AvgIpc) is 2.98. The van der Waals surface area contributed by atoms with Crippen molar-refractivity contribution in [2.75, 3.05) is 12.4 Å². The van der Waals surface area contributed by atoms with Crippen LogP contribution in [0.15, 0.2) is 18.2 Å². The molecule has 0 radical (unpaired) electrons. The summed E-state index contributed by atoms with van der Waals surface area (Å²) in [6.07, 6.45) is 6.00. The van der Waals surface area contributed by atoms with Crippen molar-refractivity contribution in [1.29, 1.82) is 0 Å². The summed E-state index contributed by atoms with van der Waals surface area (Å²) in [5, 5.41) is 2.28. The number of hydrogen-bond acceptors (Lipinski definition) is 5. The lowest BCUT2D eigenvalue weighted by molar-refractivity contribution is -0.125. The van der Waals surface area contributed by atoms with E-state index in [1.54, 1.807) is 19.1 Å². The van der Waals surface area contributed by atoms with E-state index in [4.69, 9.17) is 4.74 Å². The minimum atomic E-state index is -3.51. The van der Waals surface area contributed by atoms with Gasteiger partial charge in [-0.15, -0.1) is 0 Å². The van der Waals surface area contributed by atoms with Crippen LogP contribution in [0, 0.1) is 17.7 Å². The van der Waals surface area contributed by atoms with E-state index >= 15 is 0 Å². The monoisotopic (exact) mass is 454 g/mol. The molecule has 2 fully saturated rings. The molecule has 2 amide bonds. The highest BCUT2D eigenvalue weighted by atomic mass is 32.2. The van der Waals surface area contributed by atoms with E-state index in [2.05, 4.69) is 10.0 Å². The molecule has 1 heterocycles. The Labute approximate surface area is 183 Å². The van der Waals surface area contributed by atoms with Gasteiger partial charge in [0.15, 0.2) is 11.6 Å². The van der Waals surface area contributed by atoms with E-state index < -0.39 is 21.9 Å². The second-order valence-corrected chi connectivity index (χ2v) is 10.5. The quantitative estimate of drug-likeness (QED) is 0.373. The average molecular weight is 455 g/mol. The molecule has 0 bridgehead atoms. The summed E-state index contributed by atoms with van der Waals surface area (Å²) in [5.74, 6) is -0.611. The van der Waals surface area contributed by atoms with Gasteiger partial charge in [-0.25, -0.2) is 17.5 Å². The number of nitrogens with one attached hydrogen (secondary N) is 2. The molecule has 1 saturated heterocycles. The van der Waals surface area contributed by atoms with Crippen LogP contribution >= 0.6 is 0 Å². The number of carbonyl (C=O) groups is 2. The van der Waals surface area contributed by atoms with Crippen molar-refractivity contribution in [1.82, 2.24) is 10.0 Å². The van der Waals surface area contributed by atoms with Crippen molar-refractivity contribution in [3.8, 4) is 5.75 Å².